The molecule has 2 saturated heterocycles. The molecule has 2 aliphatic heterocycles. The number of hydrogen-bond acceptors (Lipinski definition) is 10. The SMILES string of the molecule is CC(C)CCCC(C)C1CCC2C3CC(OC(=O)C4CCC5C(=O)OC(=O)C5C4)C4CC(OC(=O)C5CCC6C(=O)OC(=O)C6C5)CCC4(C)C3CCC12C. The summed E-state index contributed by atoms with van der Waals surface area (Å²) in [5, 5.41) is 0. The van der Waals surface area contributed by atoms with Gasteiger partial charge >= 0.3 is 35.8 Å². The van der Waals surface area contributed by atoms with Crippen LogP contribution in [0.1, 0.15) is 144 Å². The summed E-state index contributed by atoms with van der Waals surface area (Å²) >= 11 is 0. The summed E-state index contributed by atoms with van der Waals surface area (Å²) in [6.07, 6.45) is 13.7. The van der Waals surface area contributed by atoms with Gasteiger partial charge in [0.05, 0.1) is 35.5 Å². The predicted molar refractivity (Wildman–Crippen MR) is 199 cm³/mol. The monoisotopic (exact) mass is 764 g/mol. The number of cyclic esters (lactones) is 4. The summed E-state index contributed by atoms with van der Waals surface area (Å²) < 4.78 is 22.8. The first-order chi connectivity index (χ1) is 26.2. The molecule has 0 aromatic heterocycles. The van der Waals surface area contributed by atoms with Crippen LogP contribution in [-0.2, 0) is 47.7 Å². The first-order valence-corrected chi connectivity index (χ1v) is 22.1. The van der Waals surface area contributed by atoms with Crippen molar-refractivity contribution >= 4 is 35.8 Å². The molecule has 8 aliphatic rings. The van der Waals surface area contributed by atoms with Crippen LogP contribution >= 0.6 is 0 Å². The number of ether oxygens (including phenoxy) is 4. The van der Waals surface area contributed by atoms with E-state index in [0.717, 1.165) is 25.2 Å². The normalized spacial score (nSPS) is 45.4. The molecule has 304 valence electrons. The number of carbonyl (C=O) groups is 6. The minimum Gasteiger partial charge on any atom is -0.462 e. The third kappa shape index (κ3) is 6.89. The molecular weight excluding hydrogens is 700 g/mol. The van der Waals surface area contributed by atoms with Gasteiger partial charge < -0.3 is 18.9 Å². The molecule has 10 heteroatoms. The Labute approximate surface area is 326 Å². The van der Waals surface area contributed by atoms with Crippen LogP contribution in [0.2, 0.25) is 0 Å². The standard InChI is InChI=1S/C45H64O10/c1-23(2)7-6-8-24(3)33-13-14-34-32-22-37(53-39(47)26-10-12-29-31(20-26)43(51)55-41(29)49)36-21-27(15-17-45(36,5)35(32)16-18-44(33,34)4)52-38(46)25-9-11-28-30(19-25)42(50)54-40(28)48/h23-37H,6-22H2,1-5H3. The zero-order valence-electron chi connectivity index (χ0n) is 33.8. The molecule has 6 saturated carbocycles. The lowest BCUT2D eigenvalue weighted by Gasteiger charge is -2.62. The lowest BCUT2D eigenvalue weighted by molar-refractivity contribution is -0.203. The van der Waals surface area contributed by atoms with Crippen LogP contribution in [0.4, 0.5) is 0 Å². The molecule has 55 heavy (non-hydrogen) atoms. The molecule has 0 aromatic carbocycles. The third-order valence-electron chi connectivity index (χ3n) is 17.3. The van der Waals surface area contributed by atoms with Crippen molar-refractivity contribution in [1.29, 1.82) is 0 Å². The Bertz CT molecular complexity index is 1570. The summed E-state index contributed by atoms with van der Waals surface area (Å²) in [5.74, 6) is -1.81. The second-order valence-corrected chi connectivity index (χ2v) is 20.5. The largest absolute Gasteiger partial charge is 0.462 e. The summed E-state index contributed by atoms with van der Waals surface area (Å²) in [6.45, 7) is 12.1. The number of rotatable bonds is 9. The van der Waals surface area contributed by atoms with Crippen LogP contribution in [0, 0.1) is 87.8 Å². The van der Waals surface area contributed by atoms with Crippen LogP contribution in [0.5, 0.6) is 0 Å². The van der Waals surface area contributed by atoms with Gasteiger partial charge in [-0.2, -0.15) is 0 Å². The molecule has 0 amide bonds. The Kier molecular flexibility index (Phi) is 10.6. The smallest absolute Gasteiger partial charge is 0.317 e. The van der Waals surface area contributed by atoms with E-state index in [2.05, 4.69) is 34.6 Å². The Hall–Kier alpha value is -2.78. The average molecular weight is 765 g/mol. The van der Waals surface area contributed by atoms with Gasteiger partial charge in [0, 0.05) is 5.92 Å². The minimum atomic E-state index is -0.574. The Morgan fingerprint density at radius 1 is 0.618 bits per heavy atom. The van der Waals surface area contributed by atoms with E-state index in [1.54, 1.807) is 0 Å². The molecule has 16 unspecified atom stereocenters. The van der Waals surface area contributed by atoms with Crippen LogP contribution in [0.3, 0.4) is 0 Å². The van der Waals surface area contributed by atoms with Gasteiger partial charge in [0.2, 0.25) is 0 Å². The van der Waals surface area contributed by atoms with Gasteiger partial charge in [-0.25, -0.2) is 0 Å². The van der Waals surface area contributed by atoms with Gasteiger partial charge in [-0.05, 0) is 136 Å². The molecular formula is C45H64O10. The van der Waals surface area contributed by atoms with E-state index >= 15 is 0 Å². The molecule has 2 heterocycles. The van der Waals surface area contributed by atoms with Crippen LogP contribution < -0.4 is 0 Å². The molecule has 0 N–H and O–H groups in total. The van der Waals surface area contributed by atoms with Crippen molar-refractivity contribution in [2.24, 2.45) is 87.8 Å². The van der Waals surface area contributed by atoms with Crippen molar-refractivity contribution in [1.82, 2.24) is 0 Å². The highest BCUT2D eigenvalue weighted by Gasteiger charge is 2.64. The number of carbonyl (C=O) groups excluding carboxylic acids is 6. The first-order valence-electron chi connectivity index (χ1n) is 22.1. The first kappa shape index (κ1) is 39.1. The average Bonchev–Trinajstić information content (AvgIpc) is 3.76. The van der Waals surface area contributed by atoms with Gasteiger partial charge in [-0.3, -0.25) is 28.8 Å². The van der Waals surface area contributed by atoms with Crippen LogP contribution in [-0.4, -0.2) is 48.0 Å². The van der Waals surface area contributed by atoms with E-state index < -0.39 is 59.4 Å². The molecule has 0 radical (unpaired) electrons. The third-order valence-corrected chi connectivity index (χ3v) is 17.3. The van der Waals surface area contributed by atoms with Gasteiger partial charge in [-0.15, -0.1) is 0 Å². The quantitative estimate of drug-likeness (QED) is 0.130. The summed E-state index contributed by atoms with van der Waals surface area (Å²) in [7, 11) is 0. The number of esters is 6. The molecule has 10 nitrogen and oxygen atoms in total. The van der Waals surface area contributed by atoms with E-state index in [0.29, 0.717) is 61.7 Å². The van der Waals surface area contributed by atoms with Gasteiger partial charge in [0.15, 0.2) is 0 Å². The number of fused-ring (bicyclic) bond motifs is 7. The molecule has 8 fully saturated rings. The van der Waals surface area contributed by atoms with Gasteiger partial charge in [0.1, 0.15) is 12.2 Å². The highest BCUT2D eigenvalue weighted by atomic mass is 16.6. The van der Waals surface area contributed by atoms with E-state index in [4.69, 9.17) is 18.9 Å². The fourth-order valence-corrected chi connectivity index (χ4v) is 14.4. The fourth-order valence-electron chi connectivity index (χ4n) is 14.4. The molecule has 6 aliphatic carbocycles. The maximum atomic E-state index is 14.2. The lowest BCUT2D eigenvalue weighted by Crippen LogP contribution is -2.59. The van der Waals surface area contributed by atoms with Crippen LogP contribution in [0.25, 0.3) is 0 Å². The van der Waals surface area contributed by atoms with Crippen LogP contribution in [0.15, 0.2) is 0 Å². The Morgan fingerprint density at radius 2 is 1.18 bits per heavy atom. The highest BCUT2D eigenvalue weighted by Crippen LogP contribution is 2.69. The predicted octanol–water partition coefficient (Wildman–Crippen LogP) is 7.77. The van der Waals surface area contributed by atoms with E-state index in [9.17, 15) is 28.8 Å². The molecule has 0 bridgehead atoms. The fraction of sp³-hybridized carbons (Fsp3) is 0.867. The molecule has 8 rings (SSSR count). The topological polar surface area (TPSA) is 139 Å². The zero-order chi connectivity index (χ0) is 39.0. The number of hydrogen-bond donors (Lipinski definition) is 0. The van der Waals surface area contributed by atoms with E-state index in [-0.39, 0.29) is 53.7 Å². The maximum absolute atomic E-state index is 14.2. The van der Waals surface area contributed by atoms with Crippen molar-refractivity contribution < 1.29 is 47.7 Å². The van der Waals surface area contributed by atoms with Crippen molar-refractivity contribution in [3.8, 4) is 0 Å². The van der Waals surface area contributed by atoms with E-state index in [1.165, 1.54) is 44.9 Å². The minimum absolute atomic E-state index is 0.0216. The summed E-state index contributed by atoms with van der Waals surface area (Å²) in [6, 6.07) is 0. The molecule has 0 spiro atoms. The summed E-state index contributed by atoms with van der Waals surface area (Å²) in [4.78, 5) is 77.0. The molecule has 16 atom stereocenters. The Balaban J connectivity index is 1.00. The maximum Gasteiger partial charge on any atom is 0.317 e. The second-order valence-electron chi connectivity index (χ2n) is 20.5. The van der Waals surface area contributed by atoms with Crippen molar-refractivity contribution in [3.63, 3.8) is 0 Å². The highest BCUT2D eigenvalue weighted by molar-refractivity contribution is 5.97. The Morgan fingerprint density at radius 3 is 1.80 bits per heavy atom. The van der Waals surface area contributed by atoms with Gasteiger partial charge in [0.25, 0.3) is 0 Å². The summed E-state index contributed by atoms with van der Waals surface area (Å²) in [5.41, 5.74) is 0.191. The van der Waals surface area contributed by atoms with Crippen molar-refractivity contribution in [3.05, 3.63) is 0 Å². The molecule has 0 aromatic rings. The van der Waals surface area contributed by atoms with Crippen molar-refractivity contribution in [2.75, 3.05) is 0 Å². The van der Waals surface area contributed by atoms with Gasteiger partial charge in [-0.1, -0.05) is 53.9 Å². The lowest BCUT2D eigenvalue weighted by atomic mass is 9.43. The van der Waals surface area contributed by atoms with Crippen molar-refractivity contribution in [2.45, 2.75) is 156 Å². The zero-order valence-corrected chi connectivity index (χ0v) is 33.8. The van der Waals surface area contributed by atoms with E-state index in [1.807, 2.05) is 0 Å². The second kappa shape index (κ2) is 14.9.